The highest BCUT2D eigenvalue weighted by atomic mass is 35.5. The SMILES string of the molecule is COc1cc(C(F)F)nc(Cl)c1C=O. The van der Waals surface area contributed by atoms with Gasteiger partial charge in [-0.3, -0.25) is 4.79 Å². The summed E-state index contributed by atoms with van der Waals surface area (Å²) in [6, 6.07) is 0.986. The van der Waals surface area contributed by atoms with Gasteiger partial charge >= 0.3 is 0 Å². The molecule has 3 nitrogen and oxygen atoms in total. The van der Waals surface area contributed by atoms with Crippen LogP contribution in [-0.4, -0.2) is 18.4 Å². The molecule has 0 aliphatic carbocycles. The molecular formula is C8H6ClF2NO2. The van der Waals surface area contributed by atoms with Crippen molar-refractivity contribution in [3.8, 4) is 5.75 Å². The molecule has 0 N–H and O–H groups in total. The molecule has 0 spiro atoms. The molecule has 0 atom stereocenters. The Morgan fingerprint density at radius 3 is 2.71 bits per heavy atom. The zero-order valence-electron chi connectivity index (χ0n) is 7.13. The number of hydrogen-bond donors (Lipinski definition) is 0. The molecule has 0 unspecified atom stereocenters. The molecule has 0 fully saturated rings. The molecule has 76 valence electrons. The van der Waals surface area contributed by atoms with Gasteiger partial charge in [0, 0.05) is 6.07 Å². The van der Waals surface area contributed by atoms with Gasteiger partial charge in [-0.05, 0) is 0 Å². The summed E-state index contributed by atoms with van der Waals surface area (Å²) in [6.07, 6.45) is -2.34. The van der Waals surface area contributed by atoms with Crippen LogP contribution in [0.2, 0.25) is 5.15 Å². The fraction of sp³-hybridized carbons (Fsp3) is 0.250. The van der Waals surface area contributed by atoms with E-state index in [1.165, 1.54) is 7.11 Å². The van der Waals surface area contributed by atoms with E-state index in [9.17, 15) is 13.6 Å². The van der Waals surface area contributed by atoms with Crippen molar-refractivity contribution in [1.82, 2.24) is 4.98 Å². The molecular weight excluding hydrogens is 216 g/mol. The molecule has 0 aromatic carbocycles. The van der Waals surface area contributed by atoms with Crippen molar-refractivity contribution in [1.29, 1.82) is 0 Å². The molecule has 1 aromatic heterocycles. The number of aromatic nitrogens is 1. The van der Waals surface area contributed by atoms with Gasteiger partial charge in [-0.2, -0.15) is 0 Å². The van der Waals surface area contributed by atoms with Gasteiger partial charge in [-0.25, -0.2) is 13.8 Å². The van der Waals surface area contributed by atoms with Crippen molar-refractivity contribution in [2.24, 2.45) is 0 Å². The summed E-state index contributed by atoms with van der Waals surface area (Å²) in [5.41, 5.74) is -0.545. The van der Waals surface area contributed by atoms with Gasteiger partial charge in [-0.1, -0.05) is 11.6 Å². The summed E-state index contributed by atoms with van der Waals surface area (Å²) >= 11 is 5.50. The molecule has 0 radical (unpaired) electrons. The van der Waals surface area contributed by atoms with Crippen LogP contribution in [0.3, 0.4) is 0 Å². The monoisotopic (exact) mass is 221 g/mol. The molecule has 0 aliphatic heterocycles. The summed E-state index contributed by atoms with van der Waals surface area (Å²) in [6.45, 7) is 0. The highest BCUT2D eigenvalue weighted by Gasteiger charge is 2.16. The average Bonchev–Trinajstić information content (AvgIpc) is 2.16. The van der Waals surface area contributed by atoms with Gasteiger partial charge in [0.15, 0.2) is 6.29 Å². The molecule has 1 aromatic rings. The maximum atomic E-state index is 12.2. The summed E-state index contributed by atoms with van der Waals surface area (Å²) < 4.78 is 29.2. The Morgan fingerprint density at radius 1 is 1.64 bits per heavy atom. The zero-order chi connectivity index (χ0) is 10.7. The van der Waals surface area contributed by atoms with Crippen LogP contribution in [0.5, 0.6) is 5.75 Å². The van der Waals surface area contributed by atoms with E-state index in [4.69, 9.17) is 16.3 Å². The first kappa shape index (κ1) is 10.8. The van der Waals surface area contributed by atoms with E-state index in [0.29, 0.717) is 6.29 Å². The number of nitrogens with zero attached hydrogens (tertiary/aromatic N) is 1. The number of pyridine rings is 1. The number of rotatable bonds is 3. The number of methoxy groups -OCH3 is 1. The lowest BCUT2D eigenvalue weighted by Gasteiger charge is -2.07. The van der Waals surface area contributed by atoms with Crippen molar-refractivity contribution < 1.29 is 18.3 Å². The molecule has 14 heavy (non-hydrogen) atoms. The number of hydrogen-bond acceptors (Lipinski definition) is 3. The van der Waals surface area contributed by atoms with Gasteiger partial charge in [0.05, 0.1) is 12.7 Å². The van der Waals surface area contributed by atoms with E-state index >= 15 is 0 Å². The summed E-state index contributed by atoms with van der Waals surface area (Å²) in [5.74, 6) is -0.00435. The van der Waals surface area contributed by atoms with Gasteiger partial charge in [0.25, 0.3) is 6.43 Å². The van der Waals surface area contributed by atoms with E-state index in [1.54, 1.807) is 0 Å². The van der Waals surface area contributed by atoms with Crippen LogP contribution in [0.25, 0.3) is 0 Å². The standard InChI is InChI=1S/C8H6ClF2NO2/c1-14-6-2-5(8(10)11)12-7(9)4(6)3-13/h2-3,8H,1H3. The smallest absolute Gasteiger partial charge is 0.280 e. The minimum Gasteiger partial charge on any atom is -0.496 e. The Kier molecular flexibility index (Phi) is 3.35. The predicted octanol–water partition coefficient (Wildman–Crippen LogP) is 2.49. The number of aldehydes is 1. The van der Waals surface area contributed by atoms with Crippen LogP contribution in [0.15, 0.2) is 6.07 Å². The number of carbonyl (C=O) groups is 1. The highest BCUT2D eigenvalue weighted by molar-refractivity contribution is 6.32. The maximum Gasteiger partial charge on any atom is 0.280 e. The average molecular weight is 222 g/mol. The number of ether oxygens (including phenoxy) is 1. The zero-order valence-corrected chi connectivity index (χ0v) is 7.89. The van der Waals surface area contributed by atoms with Gasteiger partial charge < -0.3 is 4.74 Å². The van der Waals surface area contributed by atoms with E-state index < -0.39 is 12.1 Å². The third kappa shape index (κ3) is 1.98. The summed E-state index contributed by atoms with van der Waals surface area (Å²) in [5, 5.41) is -0.283. The maximum absolute atomic E-state index is 12.2. The van der Waals surface area contributed by atoms with Crippen LogP contribution in [0.4, 0.5) is 8.78 Å². The molecule has 1 heterocycles. The molecule has 0 saturated carbocycles. The third-order valence-corrected chi connectivity index (χ3v) is 1.84. The molecule has 0 saturated heterocycles. The molecule has 0 amide bonds. The lowest BCUT2D eigenvalue weighted by molar-refractivity contribution is 0.111. The molecule has 1 rings (SSSR count). The van der Waals surface area contributed by atoms with E-state index in [-0.39, 0.29) is 16.5 Å². The lowest BCUT2D eigenvalue weighted by atomic mass is 10.2. The van der Waals surface area contributed by atoms with Crippen molar-refractivity contribution >= 4 is 17.9 Å². The Morgan fingerprint density at radius 2 is 2.29 bits per heavy atom. The first-order valence-electron chi connectivity index (χ1n) is 3.58. The highest BCUT2D eigenvalue weighted by Crippen LogP contribution is 2.28. The summed E-state index contributed by atoms with van der Waals surface area (Å²) in [7, 11) is 1.26. The second-order valence-corrected chi connectivity index (χ2v) is 2.73. The minimum absolute atomic E-state index is 0.00435. The number of carbonyl (C=O) groups excluding carboxylic acids is 1. The first-order valence-corrected chi connectivity index (χ1v) is 3.95. The normalized spacial score (nSPS) is 10.4. The quantitative estimate of drug-likeness (QED) is 0.582. The fourth-order valence-electron chi connectivity index (χ4n) is 0.907. The van der Waals surface area contributed by atoms with Crippen molar-refractivity contribution in [2.45, 2.75) is 6.43 Å². The number of alkyl halides is 2. The van der Waals surface area contributed by atoms with Gasteiger partial charge in [0.2, 0.25) is 0 Å². The molecule has 0 aliphatic rings. The van der Waals surface area contributed by atoms with Crippen molar-refractivity contribution in [3.05, 3.63) is 22.5 Å². The molecule has 6 heteroatoms. The van der Waals surface area contributed by atoms with E-state index in [2.05, 4.69) is 4.98 Å². The predicted molar refractivity (Wildman–Crippen MR) is 46.1 cm³/mol. The second kappa shape index (κ2) is 4.32. The van der Waals surface area contributed by atoms with Crippen LogP contribution in [-0.2, 0) is 0 Å². The van der Waals surface area contributed by atoms with Crippen LogP contribution >= 0.6 is 11.6 Å². The summed E-state index contributed by atoms with van der Waals surface area (Å²) in [4.78, 5) is 13.9. The third-order valence-electron chi connectivity index (χ3n) is 1.56. The second-order valence-electron chi connectivity index (χ2n) is 2.37. The Labute approximate surface area is 83.7 Å². The topological polar surface area (TPSA) is 39.2 Å². The van der Waals surface area contributed by atoms with E-state index in [0.717, 1.165) is 6.07 Å². The van der Waals surface area contributed by atoms with Gasteiger partial charge in [0.1, 0.15) is 16.6 Å². The largest absolute Gasteiger partial charge is 0.496 e. The Balaban J connectivity index is 3.31. The number of halogens is 3. The van der Waals surface area contributed by atoms with Crippen LogP contribution < -0.4 is 4.74 Å². The Hall–Kier alpha value is -1.23. The fourth-order valence-corrected chi connectivity index (χ4v) is 1.14. The lowest BCUT2D eigenvalue weighted by Crippen LogP contribution is -1.98. The van der Waals surface area contributed by atoms with Crippen molar-refractivity contribution in [2.75, 3.05) is 7.11 Å². The van der Waals surface area contributed by atoms with Crippen molar-refractivity contribution in [3.63, 3.8) is 0 Å². The first-order chi connectivity index (χ1) is 6.60. The van der Waals surface area contributed by atoms with Crippen LogP contribution in [0.1, 0.15) is 22.5 Å². The Bertz CT molecular complexity index is 357. The van der Waals surface area contributed by atoms with Crippen LogP contribution in [0, 0.1) is 0 Å². The van der Waals surface area contributed by atoms with Gasteiger partial charge in [-0.15, -0.1) is 0 Å². The van der Waals surface area contributed by atoms with E-state index in [1.807, 2.05) is 0 Å². The minimum atomic E-state index is -2.75. The molecule has 0 bridgehead atoms.